The largest absolute Gasteiger partial charge is 0.302 e. The summed E-state index contributed by atoms with van der Waals surface area (Å²) in [5, 5.41) is 0.572. The third-order valence-electron chi connectivity index (χ3n) is 5.82. The van der Waals surface area contributed by atoms with Gasteiger partial charge < -0.3 is 4.90 Å². The number of hydrogen-bond acceptors (Lipinski definition) is 1. The van der Waals surface area contributed by atoms with Crippen LogP contribution in [0.15, 0.2) is 78.9 Å². The molecule has 0 aromatic heterocycles. The predicted molar refractivity (Wildman–Crippen MR) is 116 cm³/mol. The van der Waals surface area contributed by atoms with Crippen molar-refractivity contribution in [2.45, 2.75) is 38.1 Å². The van der Waals surface area contributed by atoms with E-state index in [0.717, 1.165) is 12.1 Å². The highest BCUT2D eigenvalue weighted by Crippen LogP contribution is 2.50. The molecule has 142 valence electrons. The van der Waals surface area contributed by atoms with Gasteiger partial charge in [0, 0.05) is 27.2 Å². The van der Waals surface area contributed by atoms with Gasteiger partial charge in [0.2, 0.25) is 0 Å². The Kier molecular flexibility index (Phi) is 4.55. The van der Waals surface area contributed by atoms with Crippen LogP contribution < -0.4 is 4.90 Å². The highest BCUT2D eigenvalue weighted by Gasteiger charge is 2.47. The molecule has 1 aliphatic rings. The lowest BCUT2D eigenvalue weighted by Gasteiger charge is -2.51. The van der Waals surface area contributed by atoms with Crippen molar-refractivity contribution in [3.05, 3.63) is 101 Å². The number of fused-ring (bicyclic) bond motifs is 1. The molecule has 0 saturated carbocycles. The second-order valence-corrected chi connectivity index (χ2v) is 8.79. The first-order chi connectivity index (χ1) is 13.3. The molecule has 1 heterocycles. The van der Waals surface area contributed by atoms with Crippen molar-refractivity contribution in [1.82, 2.24) is 0 Å². The number of para-hydroxylation sites is 1. The Bertz CT molecular complexity index is 1030. The minimum absolute atomic E-state index is 0.0185. The van der Waals surface area contributed by atoms with Gasteiger partial charge in [0.05, 0.1) is 0 Å². The summed E-state index contributed by atoms with van der Waals surface area (Å²) in [6, 6.07) is 26.0. The molecule has 3 heteroatoms. The molecule has 0 fully saturated rings. The number of carbonyl (C=O) groups is 1. The summed E-state index contributed by atoms with van der Waals surface area (Å²) in [6.07, 6.45) is 0.827. The van der Waals surface area contributed by atoms with Gasteiger partial charge in [-0.1, -0.05) is 73.1 Å². The number of halogens is 1. The Hall–Kier alpha value is -2.58. The number of amides is 1. The van der Waals surface area contributed by atoms with E-state index in [1.54, 1.807) is 12.1 Å². The third-order valence-corrected chi connectivity index (χ3v) is 6.05. The maximum atomic E-state index is 13.5. The Morgan fingerprint density at radius 3 is 2.29 bits per heavy atom. The van der Waals surface area contributed by atoms with Crippen molar-refractivity contribution >= 4 is 23.2 Å². The molecular formula is C25H24ClNO. The second-order valence-electron chi connectivity index (χ2n) is 8.36. The van der Waals surface area contributed by atoms with Gasteiger partial charge in [-0.25, -0.2) is 0 Å². The normalized spacial score (nSPS) is 20.5. The first-order valence-corrected chi connectivity index (χ1v) is 9.96. The lowest BCUT2D eigenvalue weighted by Crippen LogP contribution is -2.55. The fourth-order valence-electron chi connectivity index (χ4n) is 4.70. The van der Waals surface area contributed by atoms with Gasteiger partial charge in [0.25, 0.3) is 5.91 Å². The summed E-state index contributed by atoms with van der Waals surface area (Å²) in [4.78, 5) is 15.5. The van der Waals surface area contributed by atoms with Crippen molar-refractivity contribution in [1.29, 1.82) is 0 Å². The zero-order chi connectivity index (χ0) is 19.9. The summed E-state index contributed by atoms with van der Waals surface area (Å²) < 4.78 is 0. The van der Waals surface area contributed by atoms with Gasteiger partial charge in [-0.2, -0.15) is 0 Å². The van der Waals surface area contributed by atoms with Crippen LogP contribution in [0.4, 0.5) is 5.69 Å². The van der Waals surface area contributed by atoms with E-state index in [1.165, 1.54) is 11.1 Å². The Balaban J connectivity index is 1.89. The van der Waals surface area contributed by atoms with Gasteiger partial charge in [0.1, 0.15) is 0 Å². The van der Waals surface area contributed by atoms with Gasteiger partial charge >= 0.3 is 0 Å². The molecule has 0 bridgehead atoms. The summed E-state index contributed by atoms with van der Waals surface area (Å²) in [5.41, 5.74) is 3.49. The summed E-state index contributed by atoms with van der Waals surface area (Å²) in [6.45, 7) is 6.57. The molecule has 0 spiro atoms. The van der Waals surface area contributed by atoms with Crippen molar-refractivity contribution in [3.8, 4) is 0 Å². The zero-order valence-electron chi connectivity index (χ0n) is 16.4. The van der Waals surface area contributed by atoms with Crippen LogP contribution in [0.25, 0.3) is 0 Å². The highest BCUT2D eigenvalue weighted by molar-refractivity contribution is 6.31. The molecule has 28 heavy (non-hydrogen) atoms. The van der Waals surface area contributed by atoms with Gasteiger partial charge in [-0.05, 0) is 55.7 Å². The van der Waals surface area contributed by atoms with Crippen molar-refractivity contribution < 1.29 is 4.79 Å². The molecular weight excluding hydrogens is 366 g/mol. The molecule has 0 unspecified atom stereocenters. The predicted octanol–water partition coefficient (Wildman–Crippen LogP) is 6.48. The lowest BCUT2D eigenvalue weighted by molar-refractivity contribution is 0.0948. The van der Waals surface area contributed by atoms with Gasteiger partial charge in [-0.15, -0.1) is 0 Å². The molecule has 0 aliphatic carbocycles. The van der Waals surface area contributed by atoms with Crippen LogP contribution in [-0.4, -0.2) is 11.4 Å². The molecule has 3 aromatic carbocycles. The van der Waals surface area contributed by atoms with Crippen LogP contribution in [0.2, 0.25) is 5.02 Å². The van der Waals surface area contributed by atoms with Crippen LogP contribution in [0.1, 0.15) is 48.7 Å². The summed E-state index contributed by atoms with van der Waals surface area (Å²) in [5.74, 6) is -0.0185. The van der Waals surface area contributed by atoms with E-state index < -0.39 is 0 Å². The molecule has 0 saturated heterocycles. The molecule has 1 aliphatic heterocycles. The summed E-state index contributed by atoms with van der Waals surface area (Å²) in [7, 11) is 0. The number of hydrogen-bond donors (Lipinski definition) is 0. The fourth-order valence-corrected chi connectivity index (χ4v) is 4.89. The van der Waals surface area contributed by atoms with Crippen molar-refractivity contribution in [2.75, 3.05) is 4.90 Å². The van der Waals surface area contributed by atoms with Crippen molar-refractivity contribution in [3.63, 3.8) is 0 Å². The maximum absolute atomic E-state index is 13.5. The van der Waals surface area contributed by atoms with Crippen LogP contribution >= 0.6 is 11.6 Å². The van der Waals surface area contributed by atoms with E-state index in [0.29, 0.717) is 10.6 Å². The maximum Gasteiger partial charge on any atom is 0.258 e. The van der Waals surface area contributed by atoms with Crippen LogP contribution in [0.3, 0.4) is 0 Å². The second kappa shape index (κ2) is 6.79. The number of anilines is 1. The quantitative estimate of drug-likeness (QED) is 0.491. The van der Waals surface area contributed by atoms with E-state index >= 15 is 0 Å². The molecule has 1 atom stereocenters. The topological polar surface area (TPSA) is 20.3 Å². The number of rotatable bonds is 2. The van der Waals surface area contributed by atoms with Crippen molar-refractivity contribution in [2.24, 2.45) is 0 Å². The Morgan fingerprint density at radius 1 is 0.893 bits per heavy atom. The minimum Gasteiger partial charge on any atom is -0.302 e. The van der Waals surface area contributed by atoms with E-state index in [9.17, 15) is 4.79 Å². The Labute approximate surface area is 171 Å². The summed E-state index contributed by atoms with van der Waals surface area (Å²) >= 11 is 6.15. The smallest absolute Gasteiger partial charge is 0.258 e. The third kappa shape index (κ3) is 3.02. The molecule has 0 N–H and O–H groups in total. The average Bonchev–Trinajstić information content (AvgIpc) is 2.68. The van der Waals surface area contributed by atoms with E-state index in [-0.39, 0.29) is 16.9 Å². The first kappa shape index (κ1) is 18.8. The van der Waals surface area contributed by atoms with E-state index in [1.807, 2.05) is 29.2 Å². The Morgan fingerprint density at radius 2 is 1.57 bits per heavy atom. The van der Waals surface area contributed by atoms with Gasteiger partial charge in [-0.3, -0.25) is 4.79 Å². The fraction of sp³-hybridized carbons (Fsp3) is 0.240. The average molecular weight is 390 g/mol. The van der Waals surface area contributed by atoms with Gasteiger partial charge in [0.15, 0.2) is 0 Å². The van der Waals surface area contributed by atoms with Crippen LogP contribution in [-0.2, 0) is 5.41 Å². The van der Waals surface area contributed by atoms with E-state index in [2.05, 4.69) is 63.2 Å². The zero-order valence-corrected chi connectivity index (χ0v) is 17.2. The lowest BCUT2D eigenvalue weighted by atomic mass is 9.65. The van der Waals surface area contributed by atoms with E-state index in [4.69, 9.17) is 11.6 Å². The van der Waals surface area contributed by atoms with Crippen LogP contribution in [0, 0.1) is 0 Å². The molecule has 3 aromatic rings. The molecule has 1 amide bonds. The monoisotopic (exact) mass is 389 g/mol. The molecule has 0 radical (unpaired) electrons. The number of nitrogens with zero attached hydrogens (tertiary/aromatic N) is 1. The standard InChI is InChI=1S/C25H24ClNO/c1-24(2)17-25(3,19-11-5-4-6-12-19)21-14-7-8-15-22(21)27(24)23(28)18-10-9-13-20(26)16-18/h4-16H,17H2,1-3H3/t25-/m1/s1. The first-order valence-electron chi connectivity index (χ1n) is 9.58. The van der Waals surface area contributed by atoms with Crippen LogP contribution in [0.5, 0.6) is 0 Å². The number of benzene rings is 3. The number of carbonyl (C=O) groups excluding carboxylic acids is 1. The SMILES string of the molecule is CC1(C)C[C@](C)(c2ccccc2)c2ccccc2N1C(=O)c1cccc(Cl)c1. The highest BCUT2D eigenvalue weighted by atomic mass is 35.5. The minimum atomic E-state index is -0.363. The molecule has 2 nitrogen and oxygen atoms in total. The molecule has 4 rings (SSSR count).